The monoisotopic (exact) mass is 262 g/mol. The Kier molecular flexibility index (Phi) is 6.40. The van der Waals surface area contributed by atoms with Gasteiger partial charge >= 0.3 is 6.03 Å². The van der Waals surface area contributed by atoms with Gasteiger partial charge in [-0.05, 0) is 30.4 Å². The first-order valence-corrected chi connectivity index (χ1v) is 7.25. The number of anilines is 1. The minimum Gasteiger partial charge on any atom is -0.325 e. The second-order valence-corrected chi connectivity index (χ2v) is 5.16. The van der Waals surface area contributed by atoms with E-state index in [2.05, 4.69) is 39.1 Å². The summed E-state index contributed by atoms with van der Waals surface area (Å²) in [6.07, 6.45) is 1.97. The van der Waals surface area contributed by atoms with Crippen molar-refractivity contribution in [1.29, 1.82) is 0 Å². The summed E-state index contributed by atoms with van der Waals surface area (Å²) < 4.78 is 0. The van der Waals surface area contributed by atoms with Gasteiger partial charge in [-0.3, -0.25) is 0 Å². The molecule has 106 valence electrons. The van der Waals surface area contributed by atoms with E-state index in [-0.39, 0.29) is 6.03 Å². The number of carbonyl (C=O) groups excluding carboxylic acids is 1. The highest BCUT2D eigenvalue weighted by Gasteiger charge is 2.14. The fourth-order valence-electron chi connectivity index (χ4n) is 2.16. The second-order valence-electron chi connectivity index (χ2n) is 5.16. The Labute approximate surface area is 117 Å². The number of para-hydroxylation sites is 1. The normalized spacial score (nSPS) is 10.6. The minimum absolute atomic E-state index is 0.0109. The highest BCUT2D eigenvalue weighted by atomic mass is 16.2. The quantitative estimate of drug-likeness (QED) is 0.806. The van der Waals surface area contributed by atoms with Gasteiger partial charge in [0.05, 0.1) is 0 Å². The van der Waals surface area contributed by atoms with E-state index in [0.717, 1.165) is 31.6 Å². The summed E-state index contributed by atoms with van der Waals surface area (Å²) in [5.74, 6) is 0.405. The first-order chi connectivity index (χ1) is 9.10. The summed E-state index contributed by atoms with van der Waals surface area (Å²) in [4.78, 5) is 14.2. The SMILES string of the molecule is CCCN(CCC)C(=O)Nc1ccccc1C(C)C. The number of amides is 2. The van der Waals surface area contributed by atoms with Crippen LogP contribution in [0.25, 0.3) is 0 Å². The molecule has 0 spiro atoms. The fourth-order valence-corrected chi connectivity index (χ4v) is 2.16. The lowest BCUT2D eigenvalue weighted by atomic mass is 10.0. The van der Waals surface area contributed by atoms with Gasteiger partial charge in [-0.25, -0.2) is 4.79 Å². The predicted octanol–water partition coefficient (Wildman–Crippen LogP) is 4.46. The van der Waals surface area contributed by atoms with E-state index >= 15 is 0 Å². The molecule has 1 aromatic carbocycles. The van der Waals surface area contributed by atoms with Crippen LogP contribution >= 0.6 is 0 Å². The van der Waals surface area contributed by atoms with Gasteiger partial charge in [0.25, 0.3) is 0 Å². The predicted molar refractivity (Wildman–Crippen MR) is 81.7 cm³/mol. The standard InChI is InChI=1S/C16H26N2O/c1-5-11-18(12-6-2)16(19)17-15-10-8-7-9-14(15)13(3)4/h7-10,13H,5-6,11-12H2,1-4H3,(H,17,19). The molecule has 3 nitrogen and oxygen atoms in total. The summed E-state index contributed by atoms with van der Waals surface area (Å²) in [5, 5.41) is 3.05. The van der Waals surface area contributed by atoms with E-state index < -0.39 is 0 Å². The molecule has 0 aliphatic rings. The summed E-state index contributed by atoms with van der Waals surface area (Å²) >= 11 is 0. The van der Waals surface area contributed by atoms with Gasteiger partial charge < -0.3 is 10.2 Å². The van der Waals surface area contributed by atoms with Crippen LogP contribution in [0.15, 0.2) is 24.3 Å². The van der Waals surface area contributed by atoms with Crippen LogP contribution in [0.5, 0.6) is 0 Å². The third-order valence-corrected chi connectivity index (χ3v) is 3.10. The maximum Gasteiger partial charge on any atom is 0.321 e. The summed E-state index contributed by atoms with van der Waals surface area (Å²) in [6.45, 7) is 10.1. The van der Waals surface area contributed by atoms with Gasteiger partial charge in [-0.1, -0.05) is 45.9 Å². The lowest BCUT2D eigenvalue weighted by molar-refractivity contribution is 0.211. The first-order valence-electron chi connectivity index (χ1n) is 7.25. The molecule has 2 amide bonds. The number of urea groups is 1. The molecule has 0 saturated carbocycles. The number of nitrogens with zero attached hydrogens (tertiary/aromatic N) is 1. The van der Waals surface area contributed by atoms with Gasteiger partial charge in [0.15, 0.2) is 0 Å². The molecule has 0 heterocycles. The van der Waals surface area contributed by atoms with E-state index in [4.69, 9.17) is 0 Å². The van der Waals surface area contributed by atoms with Crippen LogP contribution in [0.2, 0.25) is 0 Å². The van der Waals surface area contributed by atoms with Crippen molar-refractivity contribution in [2.75, 3.05) is 18.4 Å². The maximum absolute atomic E-state index is 12.3. The number of nitrogens with one attached hydrogen (secondary N) is 1. The van der Waals surface area contributed by atoms with Crippen LogP contribution in [-0.2, 0) is 0 Å². The Morgan fingerprint density at radius 3 is 2.26 bits per heavy atom. The molecule has 1 aromatic rings. The second kappa shape index (κ2) is 7.82. The van der Waals surface area contributed by atoms with Crippen molar-refractivity contribution in [3.05, 3.63) is 29.8 Å². The number of rotatable bonds is 6. The van der Waals surface area contributed by atoms with Gasteiger partial charge in [-0.15, -0.1) is 0 Å². The average molecular weight is 262 g/mol. The molecule has 0 atom stereocenters. The van der Waals surface area contributed by atoms with Crippen molar-refractivity contribution in [2.24, 2.45) is 0 Å². The minimum atomic E-state index is 0.0109. The Morgan fingerprint density at radius 2 is 1.74 bits per heavy atom. The average Bonchev–Trinajstić information content (AvgIpc) is 2.38. The van der Waals surface area contributed by atoms with Crippen molar-refractivity contribution in [3.8, 4) is 0 Å². The zero-order valence-corrected chi connectivity index (χ0v) is 12.6. The highest BCUT2D eigenvalue weighted by Crippen LogP contribution is 2.23. The molecule has 0 unspecified atom stereocenters. The molecule has 19 heavy (non-hydrogen) atoms. The third kappa shape index (κ3) is 4.58. The fraction of sp³-hybridized carbons (Fsp3) is 0.562. The summed E-state index contributed by atoms with van der Waals surface area (Å²) in [5.41, 5.74) is 2.11. The number of carbonyl (C=O) groups is 1. The zero-order chi connectivity index (χ0) is 14.3. The number of benzene rings is 1. The zero-order valence-electron chi connectivity index (χ0n) is 12.6. The molecule has 1 N–H and O–H groups in total. The largest absolute Gasteiger partial charge is 0.325 e. The lowest BCUT2D eigenvalue weighted by Gasteiger charge is -2.23. The van der Waals surface area contributed by atoms with Crippen molar-refractivity contribution in [2.45, 2.75) is 46.5 Å². The van der Waals surface area contributed by atoms with Gasteiger partial charge in [0.2, 0.25) is 0 Å². The summed E-state index contributed by atoms with van der Waals surface area (Å²) in [6, 6.07) is 8.04. The van der Waals surface area contributed by atoms with E-state index in [0.29, 0.717) is 5.92 Å². The summed E-state index contributed by atoms with van der Waals surface area (Å²) in [7, 11) is 0. The Morgan fingerprint density at radius 1 is 1.16 bits per heavy atom. The molecule has 0 bridgehead atoms. The molecule has 0 aliphatic carbocycles. The molecule has 0 fully saturated rings. The van der Waals surface area contributed by atoms with E-state index in [9.17, 15) is 4.79 Å². The number of hydrogen-bond acceptors (Lipinski definition) is 1. The number of hydrogen-bond donors (Lipinski definition) is 1. The van der Waals surface area contributed by atoms with Crippen LogP contribution in [0.1, 0.15) is 52.0 Å². The Balaban J connectivity index is 2.80. The molecule has 0 aromatic heterocycles. The molecule has 0 saturated heterocycles. The van der Waals surface area contributed by atoms with Crippen LogP contribution in [-0.4, -0.2) is 24.0 Å². The highest BCUT2D eigenvalue weighted by molar-refractivity contribution is 5.90. The van der Waals surface area contributed by atoms with Crippen molar-refractivity contribution in [1.82, 2.24) is 4.90 Å². The molecule has 0 aliphatic heterocycles. The molecule has 0 radical (unpaired) electrons. The van der Waals surface area contributed by atoms with Crippen LogP contribution < -0.4 is 5.32 Å². The smallest absolute Gasteiger partial charge is 0.321 e. The van der Waals surface area contributed by atoms with Crippen molar-refractivity contribution in [3.63, 3.8) is 0 Å². The van der Waals surface area contributed by atoms with Crippen LogP contribution in [0.4, 0.5) is 10.5 Å². The molecule has 3 heteroatoms. The van der Waals surface area contributed by atoms with Crippen molar-refractivity contribution < 1.29 is 4.79 Å². The molecular formula is C16H26N2O. The first kappa shape index (κ1) is 15.5. The third-order valence-electron chi connectivity index (χ3n) is 3.10. The lowest BCUT2D eigenvalue weighted by Crippen LogP contribution is -2.36. The van der Waals surface area contributed by atoms with Gasteiger partial charge in [0, 0.05) is 18.8 Å². The maximum atomic E-state index is 12.3. The van der Waals surface area contributed by atoms with E-state index in [1.54, 1.807) is 0 Å². The van der Waals surface area contributed by atoms with Gasteiger partial charge in [-0.2, -0.15) is 0 Å². The Bertz CT molecular complexity index is 395. The Hall–Kier alpha value is -1.51. The van der Waals surface area contributed by atoms with E-state index in [1.807, 2.05) is 23.1 Å². The molecular weight excluding hydrogens is 236 g/mol. The van der Waals surface area contributed by atoms with Crippen LogP contribution in [0.3, 0.4) is 0 Å². The van der Waals surface area contributed by atoms with Crippen LogP contribution in [0, 0.1) is 0 Å². The van der Waals surface area contributed by atoms with E-state index in [1.165, 1.54) is 5.56 Å². The van der Waals surface area contributed by atoms with Gasteiger partial charge in [0.1, 0.15) is 0 Å². The molecule has 1 rings (SSSR count). The van der Waals surface area contributed by atoms with Crippen molar-refractivity contribution >= 4 is 11.7 Å². The topological polar surface area (TPSA) is 32.3 Å².